The average molecular weight is 1150 g/mol. The molecule has 4 atom stereocenters. The lowest BCUT2D eigenvalue weighted by Gasteiger charge is -2.35. The number of hydrazine groups is 1. The van der Waals surface area contributed by atoms with Crippen molar-refractivity contribution in [1.82, 2.24) is 45.7 Å². The van der Waals surface area contributed by atoms with Crippen LogP contribution in [0, 0.1) is 19.7 Å². The first kappa shape index (κ1) is 57.1. The maximum Gasteiger partial charge on any atom is 0.319 e. The monoisotopic (exact) mass is 1140 g/mol. The SMILES string of the molecule is CCCCC(=O)N1CCCC1C(=O)NCc1ccc(-c2scnc2C)cc1.CO.Cc1c(F)cc2[nH]ncc2c1-c1c(Cl)c2c3c(nc(OC4CCOCC4)nc3c1OCc1ccc(/C(N)=C/N(C)N)cc1)N1C3CNC(C3)C1CO2. The summed E-state index contributed by atoms with van der Waals surface area (Å²) in [4.78, 5) is 44.7. The van der Waals surface area contributed by atoms with Crippen LogP contribution in [0.3, 0.4) is 0 Å². The van der Waals surface area contributed by atoms with Crippen molar-refractivity contribution in [1.29, 1.82) is 0 Å². The summed E-state index contributed by atoms with van der Waals surface area (Å²) in [6.45, 7) is 9.52. The van der Waals surface area contributed by atoms with Gasteiger partial charge >= 0.3 is 6.01 Å². The topological polar surface area (TPSA) is 244 Å². The van der Waals surface area contributed by atoms with E-state index in [1.807, 2.05) is 48.8 Å². The van der Waals surface area contributed by atoms with E-state index in [4.69, 9.17) is 57.2 Å². The van der Waals surface area contributed by atoms with E-state index >= 15 is 4.39 Å². The number of H-pyrrole nitrogens is 1. The molecular weight excluding hydrogens is 1080 g/mol. The normalized spacial score (nSPS) is 19.3. The molecule has 428 valence electrons. The van der Waals surface area contributed by atoms with Gasteiger partial charge in [0.2, 0.25) is 11.8 Å². The molecule has 0 spiro atoms. The smallest absolute Gasteiger partial charge is 0.319 e. The number of nitrogens with one attached hydrogen (secondary N) is 3. The fraction of sp³-hybridized carbons (Fsp3) is 0.424. The number of nitrogens with two attached hydrogens (primary N) is 2. The molecule has 5 aliphatic rings. The van der Waals surface area contributed by atoms with Crippen molar-refractivity contribution < 1.29 is 38.0 Å². The highest BCUT2D eigenvalue weighted by atomic mass is 35.5. The van der Waals surface area contributed by atoms with Crippen molar-refractivity contribution >= 4 is 68.1 Å². The molecule has 4 fully saturated rings. The van der Waals surface area contributed by atoms with Crippen molar-refractivity contribution in [3.05, 3.63) is 111 Å². The summed E-state index contributed by atoms with van der Waals surface area (Å²) in [5, 5.41) is 23.8. The Morgan fingerprint density at radius 1 is 1.06 bits per heavy atom. The Kier molecular flexibility index (Phi) is 17.9. The van der Waals surface area contributed by atoms with Gasteiger partial charge in [0.1, 0.15) is 42.5 Å². The number of likely N-dealkylation sites (tertiary alicyclic amines) is 1. The Labute approximate surface area is 479 Å². The van der Waals surface area contributed by atoms with Crippen molar-refractivity contribution in [3.63, 3.8) is 0 Å². The van der Waals surface area contributed by atoms with E-state index in [0.29, 0.717) is 101 Å². The van der Waals surface area contributed by atoms with Crippen molar-refractivity contribution in [2.75, 3.05) is 52.0 Å². The first-order valence-electron chi connectivity index (χ1n) is 27.6. The molecule has 3 aromatic heterocycles. The van der Waals surface area contributed by atoms with E-state index in [1.54, 1.807) is 42.6 Å². The lowest BCUT2D eigenvalue weighted by molar-refractivity contribution is -0.138. The highest BCUT2D eigenvalue weighted by molar-refractivity contribution is 7.13. The van der Waals surface area contributed by atoms with Crippen LogP contribution in [0.5, 0.6) is 17.5 Å². The van der Waals surface area contributed by atoms with Gasteiger partial charge in [-0.05, 0) is 73.4 Å². The number of halogens is 2. The molecule has 4 saturated heterocycles. The minimum Gasteiger partial charge on any atom is -0.489 e. The maximum absolute atomic E-state index is 15.7. The second-order valence-electron chi connectivity index (χ2n) is 21.0. The number of hydrogen-bond acceptors (Lipinski definition) is 17. The van der Waals surface area contributed by atoms with Crippen LogP contribution in [-0.2, 0) is 27.5 Å². The number of hydrogen-bond donors (Lipinski definition) is 6. The molecule has 5 aliphatic heterocycles. The number of aryl methyl sites for hydroxylation is 1. The Hall–Kier alpha value is -7.14. The summed E-state index contributed by atoms with van der Waals surface area (Å²) < 4.78 is 41.3. The number of carbonyl (C=O) groups is 2. The summed E-state index contributed by atoms with van der Waals surface area (Å²) in [6, 6.07) is 17.7. The number of aromatic amines is 1. The average Bonchev–Trinajstić information content (AvgIpc) is 4.39. The molecule has 81 heavy (non-hydrogen) atoms. The zero-order valence-electron chi connectivity index (χ0n) is 46.3. The minimum absolute atomic E-state index is 0.0135. The number of piperazine rings is 1. The van der Waals surface area contributed by atoms with Crippen LogP contribution in [-0.4, -0.2) is 129 Å². The number of rotatable bonds is 15. The standard InChI is InChI=1S/C37H39ClFN9O4.C21H27N3O2S.CH4O/c1-18-24(39)12-26-23(14-43-46-26)29(18)30-32(38)34-31-33(35(30)50-16-19-3-5-20(6-4-19)25(40)15-47(2)41)44-37(52-22-7-9-49-10-8-22)45-36(31)48-21-11-27(42-13-21)28(48)17-51-34;1-3-4-7-19(25)24-12-5-6-18(24)21(26)22-13-16-8-10-17(11-9-16)20-15(2)23-14-27-20;1-2/h3-6,12,14-15,21-22,27-28,42H,7-11,13,16-17,40-41H2,1-2H3,(H,43,46);8-11,14,18H,3-7,12-13H2,1-2H3,(H,22,26);2H,1H3/b25-15-;;. The van der Waals surface area contributed by atoms with Crippen LogP contribution in [0.2, 0.25) is 5.02 Å². The van der Waals surface area contributed by atoms with Crippen molar-refractivity contribution in [2.45, 2.75) is 116 Å². The van der Waals surface area contributed by atoms with Gasteiger partial charge in [0.25, 0.3) is 0 Å². The summed E-state index contributed by atoms with van der Waals surface area (Å²) in [6.07, 6.45) is 9.69. The van der Waals surface area contributed by atoms with Crippen LogP contribution < -0.4 is 41.3 Å². The number of benzene rings is 4. The number of aliphatic hydroxyl groups excluding tert-OH is 1. The fourth-order valence-corrected chi connectivity index (χ4v) is 12.7. The Morgan fingerprint density at radius 3 is 2.56 bits per heavy atom. The van der Waals surface area contributed by atoms with Crippen LogP contribution >= 0.6 is 22.9 Å². The van der Waals surface area contributed by atoms with Gasteiger partial charge in [-0.25, -0.2) is 15.2 Å². The summed E-state index contributed by atoms with van der Waals surface area (Å²) in [5.74, 6) is 6.90. The van der Waals surface area contributed by atoms with Crippen LogP contribution in [0.4, 0.5) is 10.2 Å². The largest absolute Gasteiger partial charge is 0.489 e. The van der Waals surface area contributed by atoms with Crippen LogP contribution in [0.1, 0.15) is 86.2 Å². The third-order valence-electron chi connectivity index (χ3n) is 15.7. The number of aromatic nitrogens is 5. The van der Waals surface area contributed by atoms with Gasteiger partial charge in [0.05, 0.1) is 63.2 Å². The van der Waals surface area contributed by atoms with Gasteiger partial charge in [-0.15, -0.1) is 11.3 Å². The van der Waals surface area contributed by atoms with E-state index in [0.717, 1.165) is 86.5 Å². The summed E-state index contributed by atoms with van der Waals surface area (Å²) in [5.41, 5.74) is 15.9. The first-order chi connectivity index (χ1) is 39.3. The molecule has 12 rings (SSSR count). The third-order valence-corrected chi connectivity index (χ3v) is 17.0. The minimum atomic E-state index is -0.416. The number of unbranched alkanes of at least 4 members (excludes halogenated alkanes) is 1. The van der Waals surface area contributed by atoms with E-state index in [2.05, 4.69) is 49.8 Å². The zero-order chi connectivity index (χ0) is 56.9. The third kappa shape index (κ3) is 12.0. The molecule has 4 aromatic carbocycles. The van der Waals surface area contributed by atoms with E-state index in [1.165, 1.54) is 16.0 Å². The predicted molar refractivity (Wildman–Crippen MR) is 312 cm³/mol. The molecule has 2 bridgehead atoms. The maximum atomic E-state index is 15.7. The molecular formula is C59H70ClFN12O7S. The quantitative estimate of drug-likeness (QED) is 0.0418. The van der Waals surface area contributed by atoms with Crippen molar-refractivity contribution in [2.24, 2.45) is 11.6 Å². The first-order valence-corrected chi connectivity index (χ1v) is 28.9. The Bertz CT molecular complexity index is 3410. The second-order valence-corrected chi connectivity index (χ2v) is 22.2. The van der Waals surface area contributed by atoms with E-state index in [9.17, 15) is 9.59 Å². The number of aliphatic hydroxyl groups is 1. The molecule has 8 heterocycles. The molecule has 7 aromatic rings. The van der Waals surface area contributed by atoms with E-state index < -0.39 is 5.82 Å². The highest BCUT2D eigenvalue weighted by Crippen LogP contribution is 2.55. The molecule has 8 N–H and O–H groups in total. The molecule has 2 amide bonds. The number of anilines is 1. The highest BCUT2D eigenvalue weighted by Gasteiger charge is 2.50. The Morgan fingerprint density at radius 2 is 1.83 bits per heavy atom. The number of nitrogens with zero attached hydrogens (tertiary/aromatic N) is 7. The lowest BCUT2D eigenvalue weighted by atomic mass is 9.93. The number of thiazole rings is 1. The number of fused-ring (bicyclic) bond motifs is 7. The molecule has 22 heteroatoms. The van der Waals surface area contributed by atoms with Crippen LogP contribution in [0.25, 0.3) is 49.1 Å². The predicted octanol–water partition coefficient (Wildman–Crippen LogP) is 8.31. The fourth-order valence-electron chi connectivity index (χ4n) is 11.5. The molecule has 0 saturated carbocycles. The molecule has 4 unspecified atom stereocenters. The van der Waals surface area contributed by atoms with Crippen molar-refractivity contribution in [3.8, 4) is 39.1 Å². The number of carbonyl (C=O) groups excluding carboxylic acids is 2. The number of ether oxygens (including phenoxy) is 4. The summed E-state index contributed by atoms with van der Waals surface area (Å²) in [7, 11) is 2.71. The summed E-state index contributed by atoms with van der Waals surface area (Å²) >= 11 is 9.12. The van der Waals surface area contributed by atoms with Gasteiger partial charge in [-0.2, -0.15) is 15.1 Å². The molecule has 0 radical (unpaired) electrons. The van der Waals surface area contributed by atoms with Gasteiger partial charge < -0.3 is 55.2 Å². The molecule has 19 nitrogen and oxygen atoms in total. The molecule has 0 aliphatic carbocycles. The van der Waals surface area contributed by atoms with Gasteiger partial charge in [0.15, 0.2) is 11.5 Å². The number of amides is 2. The lowest BCUT2D eigenvalue weighted by Crippen LogP contribution is -2.53. The second kappa shape index (κ2) is 25.3. The van der Waals surface area contributed by atoms with Gasteiger partial charge in [-0.1, -0.05) is 73.5 Å². The van der Waals surface area contributed by atoms with E-state index in [-0.39, 0.29) is 59.7 Å². The zero-order valence-corrected chi connectivity index (χ0v) is 47.8. The Balaban J connectivity index is 0.000000214. The van der Waals surface area contributed by atoms with Crippen LogP contribution in [0.15, 0.2) is 72.5 Å². The van der Waals surface area contributed by atoms with Gasteiger partial charge in [-0.3, -0.25) is 14.7 Å². The van der Waals surface area contributed by atoms with Gasteiger partial charge in [0, 0.05) is 87.9 Å².